The first kappa shape index (κ1) is 14.6. The number of carbonyl (C=O) groups excluding carboxylic acids is 1. The van der Waals surface area contributed by atoms with E-state index in [2.05, 4.69) is 11.4 Å². The third kappa shape index (κ3) is 2.72. The first-order valence-corrected chi connectivity index (χ1v) is 7.29. The lowest BCUT2D eigenvalue weighted by atomic mass is 9.91. The molecule has 0 saturated heterocycles. The molecule has 0 atom stereocenters. The summed E-state index contributed by atoms with van der Waals surface area (Å²) >= 11 is 0. The average molecular weight is 274 g/mol. The summed E-state index contributed by atoms with van der Waals surface area (Å²) in [7, 11) is 0. The van der Waals surface area contributed by atoms with E-state index in [1.165, 1.54) is 0 Å². The Hall–Kier alpha value is -1.76. The molecule has 1 aliphatic carbocycles. The molecule has 20 heavy (non-hydrogen) atoms. The van der Waals surface area contributed by atoms with Gasteiger partial charge in [0, 0.05) is 5.56 Å². The smallest absolute Gasteiger partial charge is 0.256 e. The Labute approximate surface area is 120 Å². The molecule has 0 aromatic carbocycles. The lowest BCUT2D eigenvalue weighted by Crippen LogP contribution is -2.47. The summed E-state index contributed by atoms with van der Waals surface area (Å²) in [6.45, 7) is 5.53. The SMILES string of the molecule is Cc1oc(C)c(C(=O)NC2(C#N)CCCCCC2)c1C. The number of hydrogen-bond acceptors (Lipinski definition) is 3. The number of nitriles is 1. The fraction of sp³-hybridized carbons (Fsp3) is 0.625. The molecular formula is C16H22N2O2. The van der Waals surface area contributed by atoms with E-state index < -0.39 is 5.54 Å². The molecule has 1 saturated carbocycles. The van der Waals surface area contributed by atoms with Crippen LogP contribution in [0.5, 0.6) is 0 Å². The van der Waals surface area contributed by atoms with Gasteiger partial charge in [0.05, 0.1) is 11.6 Å². The summed E-state index contributed by atoms with van der Waals surface area (Å²) < 4.78 is 5.50. The number of furan rings is 1. The summed E-state index contributed by atoms with van der Waals surface area (Å²) in [5.74, 6) is 1.21. The van der Waals surface area contributed by atoms with E-state index in [0.29, 0.717) is 11.3 Å². The maximum Gasteiger partial charge on any atom is 0.256 e. The van der Waals surface area contributed by atoms with Crippen LogP contribution < -0.4 is 5.32 Å². The summed E-state index contributed by atoms with van der Waals surface area (Å²) in [6.07, 6.45) is 5.76. The molecule has 1 aromatic rings. The number of hydrogen-bond donors (Lipinski definition) is 1. The predicted octanol–water partition coefficient (Wildman–Crippen LogP) is 3.55. The topological polar surface area (TPSA) is 66.0 Å². The molecule has 4 nitrogen and oxygen atoms in total. The monoisotopic (exact) mass is 274 g/mol. The van der Waals surface area contributed by atoms with Crippen molar-refractivity contribution in [2.45, 2.75) is 64.8 Å². The van der Waals surface area contributed by atoms with Gasteiger partial charge in [-0.3, -0.25) is 4.79 Å². The van der Waals surface area contributed by atoms with E-state index in [1.54, 1.807) is 6.92 Å². The van der Waals surface area contributed by atoms with Crippen molar-refractivity contribution in [2.24, 2.45) is 0 Å². The van der Waals surface area contributed by atoms with Crippen LogP contribution in [0, 0.1) is 32.1 Å². The highest BCUT2D eigenvalue weighted by Crippen LogP contribution is 2.28. The summed E-state index contributed by atoms with van der Waals surface area (Å²) in [6, 6.07) is 2.34. The van der Waals surface area contributed by atoms with Crippen LogP contribution in [0.3, 0.4) is 0 Å². The minimum absolute atomic E-state index is 0.180. The van der Waals surface area contributed by atoms with E-state index in [4.69, 9.17) is 4.42 Å². The van der Waals surface area contributed by atoms with E-state index in [-0.39, 0.29) is 5.91 Å². The van der Waals surface area contributed by atoms with Gasteiger partial charge in [0.2, 0.25) is 0 Å². The molecule has 0 aliphatic heterocycles. The largest absolute Gasteiger partial charge is 0.466 e. The first-order chi connectivity index (χ1) is 9.49. The van der Waals surface area contributed by atoms with Crippen molar-refractivity contribution in [3.63, 3.8) is 0 Å². The molecule has 0 spiro atoms. The van der Waals surface area contributed by atoms with Crippen LogP contribution in [-0.2, 0) is 0 Å². The number of nitrogens with one attached hydrogen (secondary N) is 1. The minimum atomic E-state index is -0.711. The van der Waals surface area contributed by atoms with E-state index in [9.17, 15) is 10.1 Å². The zero-order chi connectivity index (χ0) is 14.8. The van der Waals surface area contributed by atoms with E-state index in [0.717, 1.165) is 49.8 Å². The molecule has 1 N–H and O–H groups in total. The maximum absolute atomic E-state index is 12.5. The Morgan fingerprint density at radius 2 is 1.75 bits per heavy atom. The molecule has 4 heteroatoms. The van der Waals surface area contributed by atoms with Gasteiger partial charge >= 0.3 is 0 Å². The van der Waals surface area contributed by atoms with Gasteiger partial charge < -0.3 is 9.73 Å². The summed E-state index contributed by atoms with van der Waals surface area (Å²) in [5, 5.41) is 12.5. The Balaban J connectivity index is 2.23. The minimum Gasteiger partial charge on any atom is -0.466 e. The fourth-order valence-electron chi connectivity index (χ4n) is 3.00. The quantitative estimate of drug-likeness (QED) is 0.839. The number of amides is 1. The van der Waals surface area contributed by atoms with Gasteiger partial charge in [0.1, 0.15) is 17.1 Å². The first-order valence-electron chi connectivity index (χ1n) is 7.29. The lowest BCUT2D eigenvalue weighted by molar-refractivity contribution is 0.0911. The van der Waals surface area contributed by atoms with Crippen LogP contribution in [0.25, 0.3) is 0 Å². The molecule has 1 aliphatic rings. The predicted molar refractivity (Wildman–Crippen MR) is 76.4 cm³/mol. The Kier molecular flexibility index (Phi) is 4.17. The molecular weight excluding hydrogens is 252 g/mol. The second-order valence-corrected chi connectivity index (χ2v) is 5.78. The Morgan fingerprint density at radius 1 is 1.15 bits per heavy atom. The molecule has 0 unspecified atom stereocenters. The Morgan fingerprint density at radius 3 is 2.20 bits per heavy atom. The van der Waals surface area contributed by atoms with Crippen molar-refractivity contribution in [1.29, 1.82) is 5.26 Å². The maximum atomic E-state index is 12.5. The summed E-state index contributed by atoms with van der Waals surface area (Å²) in [4.78, 5) is 12.5. The third-order valence-corrected chi connectivity index (χ3v) is 4.31. The van der Waals surface area contributed by atoms with Gasteiger partial charge in [-0.25, -0.2) is 0 Å². The standard InChI is InChI=1S/C16H22N2O2/c1-11-12(2)20-13(3)14(11)15(19)18-16(10-17)8-6-4-5-7-9-16/h4-9H2,1-3H3,(H,18,19). The van der Waals surface area contributed by atoms with E-state index >= 15 is 0 Å². The molecule has 0 radical (unpaired) electrons. The van der Waals surface area contributed by atoms with Gasteiger partial charge in [0.25, 0.3) is 5.91 Å². The molecule has 1 aromatic heterocycles. The van der Waals surface area contributed by atoms with Crippen LogP contribution in [0.15, 0.2) is 4.42 Å². The molecule has 2 rings (SSSR count). The molecule has 1 fully saturated rings. The van der Waals surface area contributed by atoms with Gasteiger partial charge in [-0.2, -0.15) is 5.26 Å². The highest BCUT2D eigenvalue weighted by molar-refractivity contribution is 5.97. The number of carbonyl (C=O) groups is 1. The van der Waals surface area contributed by atoms with Crippen molar-refractivity contribution in [3.05, 3.63) is 22.6 Å². The van der Waals surface area contributed by atoms with Crippen LogP contribution >= 0.6 is 0 Å². The van der Waals surface area contributed by atoms with Crippen molar-refractivity contribution in [1.82, 2.24) is 5.32 Å². The van der Waals surface area contributed by atoms with Crippen molar-refractivity contribution in [3.8, 4) is 6.07 Å². The molecule has 1 heterocycles. The van der Waals surface area contributed by atoms with Gasteiger partial charge in [-0.05, 0) is 33.6 Å². The average Bonchev–Trinajstić information content (AvgIpc) is 2.59. The zero-order valence-electron chi connectivity index (χ0n) is 12.5. The van der Waals surface area contributed by atoms with Crippen molar-refractivity contribution < 1.29 is 9.21 Å². The second-order valence-electron chi connectivity index (χ2n) is 5.78. The van der Waals surface area contributed by atoms with Gasteiger partial charge in [-0.15, -0.1) is 0 Å². The molecule has 0 bridgehead atoms. The number of nitrogens with zero attached hydrogens (tertiary/aromatic N) is 1. The van der Waals surface area contributed by atoms with Crippen LogP contribution in [-0.4, -0.2) is 11.4 Å². The highest BCUT2D eigenvalue weighted by atomic mass is 16.3. The third-order valence-electron chi connectivity index (χ3n) is 4.31. The number of rotatable bonds is 2. The van der Waals surface area contributed by atoms with E-state index in [1.807, 2.05) is 13.8 Å². The molecule has 1 amide bonds. The normalized spacial score (nSPS) is 18.1. The molecule has 108 valence electrons. The van der Waals surface area contributed by atoms with Crippen LogP contribution in [0.4, 0.5) is 0 Å². The summed E-state index contributed by atoms with van der Waals surface area (Å²) in [5.41, 5.74) is 0.737. The zero-order valence-corrected chi connectivity index (χ0v) is 12.5. The van der Waals surface area contributed by atoms with Crippen LogP contribution in [0.2, 0.25) is 0 Å². The number of aryl methyl sites for hydroxylation is 2. The van der Waals surface area contributed by atoms with Gasteiger partial charge in [0.15, 0.2) is 0 Å². The lowest BCUT2D eigenvalue weighted by Gasteiger charge is -2.26. The van der Waals surface area contributed by atoms with Crippen LogP contribution in [0.1, 0.15) is 66.0 Å². The Bertz CT molecular complexity index is 544. The second kappa shape index (κ2) is 5.70. The van der Waals surface area contributed by atoms with Gasteiger partial charge in [-0.1, -0.05) is 25.7 Å². The fourth-order valence-corrected chi connectivity index (χ4v) is 3.00. The van der Waals surface area contributed by atoms with Crippen molar-refractivity contribution >= 4 is 5.91 Å². The van der Waals surface area contributed by atoms with Crippen molar-refractivity contribution in [2.75, 3.05) is 0 Å². The highest BCUT2D eigenvalue weighted by Gasteiger charge is 2.34.